The highest BCUT2D eigenvalue weighted by atomic mass is 35.5. The van der Waals surface area contributed by atoms with Gasteiger partial charge in [-0.25, -0.2) is 14.5 Å². The number of carbonyl (C=O) groups excluding carboxylic acids is 2. The zero-order chi connectivity index (χ0) is 20.4. The average molecular weight is 415 g/mol. The van der Waals surface area contributed by atoms with Crippen molar-refractivity contribution in [2.75, 3.05) is 5.32 Å². The first-order chi connectivity index (χ1) is 13.3. The molecule has 0 fully saturated rings. The molecule has 3 N–H and O–H groups in total. The number of benzene rings is 1. The number of primary amides is 1. The van der Waals surface area contributed by atoms with E-state index in [9.17, 15) is 9.59 Å². The predicted molar refractivity (Wildman–Crippen MR) is 105 cm³/mol. The minimum Gasteiger partial charge on any atom is -0.366 e. The lowest BCUT2D eigenvalue weighted by Crippen LogP contribution is -2.21. The van der Waals surface area contributed by atoms with Crippen LogP contribution in [0.4, 0.5) is 11.4 Å². The van der Waals surface area contributed by atoms with Gasteiger partial charge >= 0.3 is 0 Å². The van der Waals surface area contributed by atoms with Crippen molar-refractivity contribution in [2.45, 2.75) is 6.92 Å². The molecule has 0 unspecified atom stereocenters. The highest BCUT2D eigenvalue weighted by Gasteiger charge is 2.21. The van der Waals surface area contributed by atoms with Crippen LogP contribution < -0.4 is 11.1 Å². The fourth-order valence-corrected chi connectivity index (χ4v) is 2.96. The summed E-state index contributed by atoms with van der Waals surface area (Å²) in [5, 5.41) is 7.02. The molecule has 2 aromatic heterocycles. The van der Waals surface area contributed by atoms with Crippen LogP contribution in [0.5, 0.6) is 0 Å². The first kappa shape index (κ1) is 19.4. The van der Waals surface area contributed by atoms with Gasteiger partial charge in [0.2, 0.25) is 5.91 Å². The molecule has 0 spiro atoms. The molecule has 0 radical (unpaired) electrons. The summed E-state index contributed by atoms with van der Waals surface area (Å²) >= 11 is 12.1. The van der Waals surface area contributed by atoms with Crippen molar-refractivity contribution >= 4 is 46.4 Å². The van der Waals surface area contributed by atoms with Gasteiger partial charge in [0.05, 0.1) is 22.8 Å². The molecule has 3 aromatic rings. The molecule has 28 heavy (non-hydrogen) atoms. The summed E-state index contributed by atoms with van der Waals surface area (Å²) in [4.78, 5) is 32.1. The summed E-state index contributed by atoms with van der Waals surface area (Å²) in [6, 6.07) is 7.43. The van der Waals surface area contributed by atoms with Crippen LogP contribution in [0.3, 0.4) is 0 Å². The van der Waals surface area contributed by atoms with Gasteiger partial charge in [0.15, 0.2) is 16.7 Å². The van der Waals surface area contributed by atoms with Crippen molar-refractivity contribution in [2.24, 2.45) is 5.73 Å². The van der Waals surface area contributed by atoms with Gasteiger partial charge in [-0.05, 0) is 30.7 Å². The first-order valence-corrected chi connectivity index (χ1v) is 8.57. The van der Waals surface area contributed by atoms with Crippen LogP contribution in [-0.4, -0.2) is 26.6 Å². The van der Waals surface area contributed by atoms with E-state index in [-0.39, 0.29) is 38.6 Å². The number of halogens is 2. The molecule has 0 atom stereocenters. The van der Waals surface area contributed by atoms with Crippen molar-refractivity contribution < 1.29 is 9.59 Å². The second-order valence-corrected chi connectivity index (χ2v) is 6.48. The van der Waals surface area contributed by atoms with Gasteiger partial charge in [0, 0.05) is 12.3 Å². The molecular formula is C18H12Cl2N6O2. The number of amides is 2. The minimum absolute atomic E-state index is 0.0207. The smallest absolute Gasteiger partial charge is 0.274 e. The molecule has 0 aliphatic heterocycles. The second-order valence-electron chi connectivity index (χ2n) is 5.69. The maximum Gasteiger partial charge on any atom is 0.274 e. The SMILES string of the molecule is [C-]#[N+]c1cc(C)c(NC(=O)c2cc(Cl)nn2-c2ncccc2Cl)c(C(N)=O)c1. The number of nitrogens with two attached hydrogens (primary N) is 1. The summed E-state index contributed by atoms with van der Waals surface area (Å²) < 4.78 is 1.20. The second kappa shape index (κ2) is 7.68. The number of hydrogen-bond acceptors (Lipinski definition) is 4. The Balaban J connectivity index is 2.06. The Morgan fingerprint density at radius 3 is 2.68 bits per heavy atom. The monoisotopic (exact) mass is 414 g/mol. The Morgan fingerprint density at radius 1 is 1.29 bits per heavy atom. The first-order valence-electron chi connectivity index (χ1n) is 7.81. The van der Waals surface area contributed by atoms with Gasteiger partial charge < -0.3 is 11.1 Å². The van der Waals surface area contributed by atoms with E-state index in [2.05, 4.69) is 20.2 Å². The lowest BCUT2D eigenvalue weighted by atomic mass is 10.1. The number of anilines is 1. The van der Waals surface area contributed by atoms with E-state index in [4.69, 9.17) is 35.5 Å². The molecule has 140 valence electrons. The molecule has 8 nitrogen and oxygen atoms in total. The van der Waals surface area contributed by atoms with Crippen LogP contribution in [0.2, 0.25) is 10.2 Å². The molecule has 0 saturated carbocycles. The molecule has 0 aliphatic carbocycles. The minimum atomic E-state index is -0.775. The van der Waals surface area contributed by atoms with Gasteiger partial charge in [-0.2, -0.15) is 5.10 Å². The molecule has 10 heteroatoms. The molecule has 0 bridgehead atoms. The van der Waals surface area contributed by atoms with Gasteiger partial charge in [-0.15, -0.1) is 0 Å². The number of aromatic nitrogens is 3. The van der Waals surface area contributed by atoms with Crippen molar-refractivity contribution in [3.63, 3.8) is 0 Å². The zero-order valence-electron chi connectivity index (χ0n) is 14.4. The number of nitrogens with zero attached hydrogens (tertiary/aromatic N) is 4. The van der Waals surface area contributed by atoms with Crippen LogP contribution in [0.15, 0.2) is 36.5 Å². The number of nitrogens with one attached hydrogen (secondary N) is 1. The molecule has 2 amide bonds. The number of rotatable bonds is 4. The van der Waals surface area contributed by atoms with Crippen LogP contribution >= 0.6 is 23.2 Å². The number of aryl methyl sites for hydroxylation is 1. The topological polar surface area (TPSA) is 107 Å². The summed E-state index contributed by atoms with van der Waals surface area (Å²) in [5.41, 5.74) is 6.41. The summed E-state index contributed by atoms with van der Waals surface area (Å²) in [6.45, 7) is 8.76. The Morgan fingerprint density at radius 2 is 2.04 bits per heavy atom. The number of pyridine rings is 1. The lowest BCUT2D eigenvalue weighted by molar-refractivity contribution is 0.100. The molecule has 3 rings (SSSR count). The van der Waals surface area contributed by atoms with Gasteiger partial charge in [-0.3, -0.25) is 9.59 Å². The summed E-state index contributed by atoms with van der Waals surface area (Å²) in [5.74, 6) is -1.16. The van der Waals surface area contributed by atoms with E-state index in [0.717, 1.165) is 0 Å². The maximum atomic E-state index is 12.9. The third kappa shape index (κ3) is 3.67. The highest BCUT2D eigenvalue weighted by Crippen LogP contribution is 2.28. The van der Waals surface area contributed by atoms with Crippen LogP contribution in [0.25, 0.3) is 10.7 Å². The van der Waals surface area contributed by atoms with Crippen LogP contribution in [0, 0.1) is 13.5 Å². The van der Waals surface area contributed by atoms with E-state index in [0.29, 0.717) is 5.56 Å². The van der Waals surface area contributed by atoms with Gasteiger partial charge in [0.1, 0.15) is 5.69 Å². The summed E-state index contributed by atoms with van der Waals surface area (Å²) in [6.07, 6.45) is 1.50. The molecule has 2 heterocycles. The van der Waals surface area contributed by atoms with Crippen LogP contribution in [-0.2, 0) is 0 Å². The number of hydrogen-bond donors (Lipinski definition) is 2. The van der Waals surface area contributed by atoms with Crippen molar-refractivity contribution in [3.8, 4) is 5.82 Å². The Bertz CT molecular complexity index is 1150. The molecule has 1 aromatic carbocycles. The standard InChI is InChI=1S/C18H12Cl2N6O2/c1-9-6-10(22-2)7-11(16(21)27)15(9)24-18(28)13-8-14(20)25-26(13)17-12(19)4-3-5-23-17/h3-8H,1H3,(H2,21,27)(H,24,28). The Labute approximate surface area is 169 Å². The molecule has 0 saturated heterocycles. The third-order valence-electron chi connectivity index (χ3n) is 3.81. The van der Waals surface area contributed by atoms with E-state index in [1.165, 1.54) is 29.1 Å². The third-order valence-corrected chi connectivity index (χ3v) is 4.28. The van der Waals surface area contributed by atoms with Gasteiger partial charge in [0.25, 0.3) is 5.91 Å². The highest BCUT2D eigenvalue weighted by molar-refractivity contribution is 6.32. The fourth-order valence-electron chi connectivity index (χ4n) is 2.58. The summed E-state index contributed by atoms with van der Waals surface area (Å²) in [7, 11) is 0. The average Bonchev–Trinajstić information content (AvgIpc) is 3.04. The van der Waals surface area contributed by atoms with E-state index < -0.39 is 11.8 Å². The Hall–Kier alpha value is -3.41. The lowest BCUT2D eigenvalue weighted by Gasteiger charge is -2.14. The van der Waals surface area contributed by atoms with E-state index in [1.54, 1.807) is 19.1 Å². The van der Waals surface area contributed by atoms with Gasteiger partial charge in [-0.1, -0.05) is 29.3 Å². The predicted octanol–water partition coefficient (Wildman–Crippen LogP) is 3.78. The Kier molecular flexibility index (Phi) is 5.31. The van der Waals surface area contributed by atoms with E-state index >= 15 is 0 Å². The van der Waals surface area contributed by atoms with Crippen LogP contribution in [0.1, 0.15) is 26.4 Å². The van der Waals surface area contributed by atoms with Crippen molar-refractivity contribution in [3.05, 3.63) is 74.9 Å². The number of carbonyl (C=O) groups is 2. The normalized spacial score (nSPS) is 10.4. The van der Waals surface area contributed by atoms with E-state index in [1.807, 2.05) is 0 Å². The molecular weight excluding hydrogens is 403 g/mol. The van der Waals surface area contributed by atoms with Crippen molar-refractivity contribution in [1.82, 2.24) is 14.8 Å². The fraction of sp³-hybridized carbons (Fsp3) is 0.0556. The maximum absolute atomic E-state index is 12.9. The van der Waals surface area contributed by atoms with Crippen molar-refractivity contribution in [1.29, 1.82) is 0 Å². The molecule has 0 aliphatic rings. The zero-order valence-corrected chi connectivity index (χ0v) is 15.9. The largest absolute Gasteiger partial charge is 0.366 e. The quantitative estimate of drug-likeness (QED) is 0.633.